The normalized spacial score (nSPS) is 24.7. The molecule has 6 heteroatoms. The molecule has 0 saturated heterocycles. The van der Waals surface area contributed by atoms with Gasteiger partial charge in [-0.05, 0) is 40.7 Å². The first-order chi connectivity index (χ1) is 10.2. The minimum Gasteiger partial charge on any atom is -0.486 e. The molecule has 1 aromatic carbocycles. The van der Waals surface area contributed by atoms with Gasteiger partial charge in [0.05, 0.1) is 17.7 Å². The van der Waals surface area contributed by atoms with Gasteiger partial charge in [-0.3, -0.25) is 0 Å². The van der Waals surface area contributed by atoms with Gasteiger partial charge in [0.15, 0.2) is 0 Å². The van der Waals surface area contributed by atoms with Crippen molar-refractivity contribution in [3.05, 3.63) is 28.5 Å². The van der Waals surface area contributed by atoms with Crippen molar-refractivity contribution in [1.29, 1.82) is 0 Å². The van der Waals surface area contributed by atoms with Crippen LogP contribution in [-0.4, -0.2) is 45.1 Å². The van der Waals surface area contributed by atoms with Gasteiger partial charge < -0.3 is 19.5 Å². The number of benzene rings is 1. The molecule has 0 aliphatic heterocycles. The molecule has 0 amide bonds. The highest BCUT2D eigenvalue weighted by atomic mass is 79.9. The van der Waals surface area contributed by atoms with E-state index >= 15 is 0 Å². The van der Waals surface area contributed by atoms with E-state index in [1.54, 1.807) is 13.2 Å². The Morgan fingerprint density at radius 1 is 1.38 bits per heavy atom. The van der Waals surface area contributed by atoms with Crippen LogP contribution >= 0.6 is 15.9 Å². The first-order valence-corrected chi connectivity index (χ1v) is 7.90. The quantitative estimate of drug-likeness (QED) is 0.722. The van der Waals surface area contributed by atoms with Crippen molar-refractivity contribution in [2.45, 2.75) is 31.6 Å². The van der Waals surface area contributed by atoms with E-state index in [-0.39, 0.29) is 24.1 Å². The lowest BCUT2D eigenvalue weighted by atomic mass is 9.85. The third-order valence-electron chi connectivity index (χ3n) is 3.49. The molecule has 21 heavy (non-hydrogen) atoms. The second-order valence-corrected chi connectivity index (χ2v) is 5.81. The van der Waals surface area contributed by atoms with Crippen LogP contribution in [0.2, 0.25) is 0 Å². The van der Waals surface area contributed by atoms with Crippen molar-refractivity contribution in [2.75, 3.05) is 26.9 Å². The van der Waals surface area contributed by atoms with Gasteiger partial charge in [0.1, 0.15) is 23.8 Å². The molecule has 0 heterocycles. The Hall–Kier alpha value is -0.690. The summed E-state index contributed by atoms with van der Waals surface area (Å²) in [6.07, 6.45) is 0.819. The van der Waals surface area contributed by atoms with E-state index in [1.807, 2.05) is 0 Å². The summed E-state index contributed by atoms with van der Waals surface area (Å²) in [7, 11) is 1.65. The van der Waals surface area contributed by atoms with Crippen molar-refractivity contribution >= 4 is 15.9 Å². The van der Waals surface area contributed by atoms with Crippen LogP contribution in [0.15, 0.2) is 22.7 Å². The number of ether oxygens (including phenoxy) is 3. The number of rotatable bonds is 8. The zero-order valence-electron chi connectivity index (χ0n) is 12.3. The fourth-order valence-electron chi connectivity index (χ4n) is 2.38. The maximum atomic E-state index is 13.1. The van der Waals surface area contributed by atoms with Crippen LogP contribution in [0.4, 0.5) is 4.39 Å². The fourth-order valence-corrected chi connectivity index (χ4v) is 2.83. The van der Waals surface area contributed by atoms with Crippen LogP contribution < -0.4 is 10.1 Å². The van der Waals surface area contributed by atoms with E-state index in [2.05, 4.69) is 28.2 Å². The fraction of sp³-hybridized carbons (Fsp3) is 0.600. The lowest BCUT2D eigenvalue weighted by Crippen LogP contribution is -2.61. The van der Waals surface area contributed by atoms with Gasteiger partial charge in [-0.1, -0.05) is 6.92 Å². The molecular formula is C15H21BrFNO3. The number of halogens is 2. The number of likely N-dealkylation sites (N-methyl/N-ethyl adjacent to an activating group) is 1. The van der Waals surface area contributed by atoms with Crippen molar-refractivity contribution < 1.29 is 18.6 Å². The number of methoxy groups -OCH3 is 1. The van der Waals surface area contributed by atoms with E-state index < -0.39 is 0 Å². The lowest BCUT2D eigenvalue weighted by Gasteiger charge is -2.44. The number of nitrogens with one attached hydrogen (secondary N) is 1. The molecule has 2 rings (SSSR count). The molecule has 1 N–H and O–H groups in total. The van der Waals surface area contributed by atoms with Gasteiger partial charge in [-0.25, -0.2) is 4.39 Å². The topological polar surface area (TPSA) is 39.7 Å². The minimum atomic E-state index is -0.291. The highest BCUT2D eigenvalue weighted by Gasteiger charge is 2.43. The Bertz CT molecular complexity index is 461. The summed E-state index contributed by atoms with van der Waals surface area (Å²) < 4.78 is 30.5. The molecule has 1 fully saturated rings. The molecule has 1 aliphatic carbocycles. The molecular weight excluding hydrogens is 341 g/mol. The Labute approximate surface area is 133 Å². The van der Waals surface area contributed by atoms with Crippen molar-refractivity contribution in [2.24, 2.45) is 0 Å². The smallest absolute Gasteiger partial charge is 0.134 e. The molecule has 3 atom stereocenters. The van der Waals surface area contributed by atoms with Gasteiger partial charge in [0.25, 0.3) is 0 Å². The second-order valence-electron chi connectivity index (χ2n) is 4.96. The molecule has 1 saturated carbocycles. The zero-order valence-corrected chi connectivity index (χ0v) is 13.9. The highest BCUT2D eigenvalue weighted by Crippen LogP contribution is 2.33. The minimum absolute atomic E-state index is 0.0166. The molecule has 118 valence electrons. The van der Waals surface area contributed by atoms with E-state index in [0.717, 1.165) is 13.0 Å². The number of hydrogen-bond donors (Lipinski definition) is 1. The van der Waals surface area contributed by atoms with E-state index in [0.29, 0.717) is 23.4 Å². The van der Waals surface area contributed by atoms with Crippen LogP contribution in [0.25, 0.3) is 0 Å². The maximum absolute atomic E-state index is 13.1. The van der Waals surface area contributed by atoms with Crippen LogP contribution in [-0.2, 0) is 9.47 Å². The second kappa shape index (κ2) is 8.08. The average Bonchev–Trinajstić information content (AvgIpc) is 2.44. The largest absolute Gasteiger partial charge is 0.486 e. The number of hydrogen-bond acceptors (Lipinski definition) is 4. The highest BCUT2D eigenvalue weighted by molar-refractivity contribution is 9.10. The van der Waals surface area contributed by atoms with Gasteiger partial charge in [0.2, 0.25) is 0 Å². The Kier molecular flexibility index (Phi) is 6.41. The maximum Gasteiger partial charge on any atom is 0.134 e. The Morgan fingerprint density at radius 2 is 2.19 bits per heavy atom. The predicted molar refractivity (Wildman–Crippen MR) is 82.2 cm³/mol. The van der Waals surface area contributed by atoms with Crippen LogP contribution in [0, 0.1) is 5.82 Å². The van der Waals surface area contributed by atoms with Gasteiger partial charge >= 0.3 is 0 Å². The molecule has 1 aromatic rings. The molecule has 0 radical (unpaired) electrons. The van der Waals surface area contributed by atoms with Crippen LogP contribution in [0.1, 0.15) is 13.3 Å². The summed E-state index contributed by atoms with van der Waals surface area (Å²) in [5.74, 6) is 0.345. The summed E-state index contributed by atoms with van der Waals surface area (Å²) in [6.45, 7) is 4.05. The molecule has 0 bridgehead atoms. The standard InChI is InChI=1S/C15H21BrFNO3/c1-3-18-12-9-14(15(12)20-7-6-19-2)21-13-5-4-10(17)8-11(13)16/h4-5,8,12,14-15,18H,3,6-7,9H2,1-2H3. The summed E-state index contributed by atoms with van der Waals surface area (Å²) in [6, 6.07) is 4.71. The summed E-state index contributed by atoms with van der Waals surface area (Å²) >= 11 is 3.32. The summed E-state index contributed by atoms with van der Waals surface area (Å²) in [5, 5.41) is 3.38. The van der Waals surface area contributed by atoms with Crippen LogP contribution in [0.5, 0.6) is 5.75 Å². The third-order valence-corrected chi connectivity index (χ3v) is 4.11. The molecule has 1 aliphatic rings. The molecule has 0 aromatic heterocycles. The zero-order chi connectivity index (χ0) is 15.2. The van der Waals surface area contributed by atoms with Gasteiger partial charge in [-0.2, -0.15) is 0 Å². The molecule has 3 unspecified atom stereocenters. The van der Waals surface area contributed by atoms with Crippen molar-refractivity contribution in [3.8, 4) is 5.75 Å². The Morgan fingerprint density at radius 3 is 2.86 bits per heavy atom. The SMILES string of the molecule is CCNC1CC(Oc2ccc(F)cc2Br)C1OCCOC. The van der Waals surface area contributed by atoms with Crippen molar-refractivity contribution in [3.63, 3.8) is 0 Å². The summed E-state index contributed by atoms with van der Waals surface area (Å²) in [4.78, 5) is 0. The third kappa shape index (κ3) is 4.39. The van der Waals surface area contributed by atoms with E-state index in [1.165, 1.54) is 12.1 Å². The molecule has 0 spiro atoms. The molecule has 4 nitrogen and oxygen atoms in total. The van der Waals surface area contributed by atoms with Crippen molar-refractivity contribution in [1.82, 2.24) is 5.32 Å². The first kappa shape index (κ1) is 16.7. The van der Waals surface area contributed by atoms with Gasteiger partial charge in [-0.15, -0.1) is 0 Å². The van der Waals surface area contributed by atoms with E-state index in [4.69, 9.17) is 14.2 Å². The van der Waals surface area contributed by atoms with Gasteiger partial charge in [0, 0.05) is 19.6 Å². The van der Waals surface area contributed by atoms with Crippen LogP contribution in [0.3, 0.4) is 0 Å². The van der Waals surface area contributed by atoms with E-state index in [9.17, 15) is 4.39 Å². The average molecular weight is 362 g/mol. The lowest BCUT2D eigenvalue weighted by molar-refractivity contribution is -0.115. The summed E-state index contributed by atoms with van der Waals surface area (Å²) in [5.41, 5.74) is 0. The first-order valence-electron chi connectivity index (χ1n) is 7.11. The predicted octanol–water partition coefficient (Wildman–Crippen LogP) is 2.75. The monoisotopic (exact) mass is 361 g/mol. The Balaban J connectivity index is 1.94.